The van der Waals surface area contributed by atoms with Gasteiger partial charge in [-0.05, 0) is 6.42 Å². The van der Waals surface area contributed by atoms with Crippen molar-refractivity contribution in [3.05, 3.63) is 0 Å². The molecule has 0 atom stereocenters. The van der Waals surface area contributed by atoms with Gasteiger partial charge in [-0.1, -0.05) is 51.9 Å². The number of unbranched alkanes of at least 4 members (excludes halogenated alkanes) is 7. The Bertz CT molecular complexity index is 192. The van der Waals surface area contributed by atoms with Gasteiger partial charge in [-0.15, -0.1) is 0 Å². The molecule has 4 heteroatoms. The van der Waals surface area contributed by atoms with Crippen LogP contribution in [0.4, 0.5) is 0 Å². The summed E-state index contributed by atoms with van der Waals surface area (Å²) >= 11 is 0. The molecule has 4 nitrogen and oxygen atoms in total. The SMILES string of the molecule is CCCCCCCCCCOC(=O)COC=O. The van der Waals surface area contributed by atoms with Gasteiger partial charge in [0, 0.05) is 0 Å². The lowest BCUT2D eigenvalue weighted by Crippen LogP contribution is -2.12. The molecule has 0 aliphatic carbocycles. The number of carbonyl (C=O) groups excluding carboxylic acids is 2. The van der Waals surface area contributed by atoms with E-state index in [0.717, 1.165) is 12.8 Å². The lowest BCUT2D eigenvalue weighted by atomic mass is 10.1. The fraction of sp³-hybridized carbons (Fsp3) is 0.846. The minimum Gasteiger partial charge on any atom is -0.463 e. The summed E-state index contributed by atoms with van der Waals surface area (Å²) in [5.74, 6) is -0.472. The van der Waals surface area contributed by atoms with E-state index in [1.165, 1.54) is 38.5 Å². The molecule has 0 rings (SSSR count). The molecule has 0 aromatic rings. The Kier molecular flexibility index (Phi) is 12.2. The molecule has 0 N–H and O–H groups in total. The zero-order valence-electron chi connectivity index (χ0n) is 10.8. The average molecular weight is 244 g/mol. The highest BCUT2D eigenvalue weighted by Crippen LogP contribution is 2.08. The van der Waals surface area contributed by atoms with E-state index in [9.17, 15) is 9.59 Å². The second-order valence-electron chi connectivity index (χ2n) is 4.10. The number of ether oxygens (including phenoxy) is 2. The van der Waals surface area contributed by atoms with Crippen molar-refractivity contribution in [3.8, 4) is 0 Å². The minimum absolute atomic E-state index is 0.248. The summed E-state index contributed by atoms with van der Waals surface area (Å²) in [6.07, 6.45) is 9.69. The number of esters is 1. The summed E-state index contributed by atoms with van der Waals surface area (Å²) in [7, 11) is 0. The third-order valence-electron chi connectivity index (χ3n) is 2.53. The van der Waals surface area contributed by atoms with Crippen LogP contribution in [0.15, 0.2) is 0 Å². The quantitative estimate of drug-likeness (QED) is 0.301. The second kappa shape index (κ2) is 13.0. The van der Waals surface area contributed by atoms with Gasteiger partial charge >= 0.3 is 5.97 Å². The maximum absolute atomic E-state index is 10.9. The van der Waals surface area contributed by atoms with Gasteiger partial charge in [0.1, 0.15) is 0 Å². The largest absolute Gasteiger partial charge is 0.463 e. The summed E-state index contributed by atoms with van der Waals surface area (Å²) in [6, 6.07) is 0. The molecule has 0 fully saturated rings. The van der Waals surface area contributed by atoms with E-state index in [-0.39, 0.29) is 13.1 Å². The van der Waals surface area contributed by atoms with Gasteiger partial charge in [0.05, 0.1) is 6.61 Å². The van der Waals surface area contributed by atoms with Gasteiger partial charge in [0.15, 0.2) is 6.61 Å². The molecule has 100 valence electrons. The van der Waals surface area contributed by atoms with Crippen LogP contribution in [0.2, 0.25) is 0 Å². The molecule has 0 aromatic heterocycles. The molecule has 0 saturated heterocycles. The van der Waals surface area contributed by atoms with Crippen LogP contribution in [-0.2, 0) is 19.1 Å². The molecule has 0 spiro atoms. The number of rotatable bonds is 12. The van der Waals surface area contributed by atoms with Crippen LogP contribution < -0.4 is 0 Å². The van der Waals surface area contributed by atoms with E-state index in [1.54, 1.807) is 0 Å². The van der Waals surface area contributed by atoms with Crippen LogP contribution in [0.1, 0.15) is 58.3 Å². The average Bonchev–Trinajstić information content (AvgIpc) is 2.34. The Labute approximate surface area is 104 Å². The van der Waals surface area contributed by atoms with Gasteiger partial charge in [0.2, 0.25) is 0 Å². The van der Waals surface area contributed by atoms with Crippen LogP contribution >= 0.6 is 0 Å². The second-order valence-corrected chi connectivity index (χ2v) is 4.10. The van der Waals surface area contributed by atoms with E-state index in [4.69, 9.17) is 4.74 Å². The predicted octanol–water partition coefficient (Wildman–Crippen LogP) is 2.84. The Morgan fingerprint density at radius 1 is 1.00 bits per heavy atom. The molecule has 0 radical (unpaired) electrons. The Hall–Kier alpha value is -1.06. The predicted molar refractivity (Wildman–Crippen MR) is 65.6 cm³/mol. The summed E-state index contributed by atoms with van der Waals surface area (Å²) < 4.78 is 9.14. The van der Waals surface area contributed by atoms with E-state index < -0.39 is 5.97 Å². The van der Waals surface area contributed by atoms with Crippen LogP contribution in [0.3, 0.4) is 0 Å². The van der Waals surface area contributed by atoms with Crippen molar-refractivity contribution in [2.24, 2.45) is 0 Å². The highest BCUT2D eigenvalue weighted by atomic mass is 16.6. The third kappa shape index (κ3) is 12.9. The van der Waals surface area contributed by atoms with Crippen molar-refractivity contribution >= 4 is 12.4 Å². The number of carbonyl (C=O) groups is 2. The molecule has 0 aliphatic heterocycles. The van der Waals surface area contributed by atoms with Crippen molar-refractivity contribution < 1.29 is 19.1 Å². The van der Waals surface area contributed by atoms with Crippen molar-refractivity contribution in [3.63, 3.8) is 0 Å². The molecule has 0 aromatic carbocycles. The smallest absolute Gasteiger partial charge is 0.344 e. The molecule has 0 unspecified atom stereocenters. The first kappa shape index (κ1) is 15.9. The van der Waals surface area contributed by atoms with Crippen molar-refractivity contribution in [2.45, 2.75) is 58.3 Å². The van der Waals surface area contributed by atoms with E-state index in [1.807, 2.05) is 0 Å². The first-order chi connectivity index (χ1) is 8.31. The highest BCUT2D eigenvalue weighted by molar-refractivity contribution is 5.71. The van der Waals surface area contributed by atoms with Crippen LogP contribution in [0, 0.1) is 0 Å². The lowest BCUT2D eigenvalue weighted by molar-refractivity contribution is -0.153. The first-order valence-electron chi connectivity index (χ1n) is 6.52. The number of hydrogen-bond donors (Lipinski definition) is 0. The molecule has 0 amide bonds. The van der Waals surface area contributed by atoms with Gasteiger partial charge in [-0.2, -0.15) is 0 Å². The molecule has 0 aliphatic rings. The van der Waals surface area contributed by atoms with Gasteiger partial charge in [-0.25, -0.2) is 4.79 Å². The van der Waals surface area contributed by atoms with Gasteiger partial charge in [-0.3, -0.25) is 4.79 Å². The van der Waals surface area contributed by atoms with Crippen molar-refractivity contribution in [1.29, 1.82) is 0 Å². The molecule has 17 heavy (non-hydrogen) atoms. The van der Waals surface area contributed by atoms with Crippen molar-refractivity contribution in [2.75, 3.05) is 13.2 Å². The van der Waals surface area contributed by atoms with Gasteiger partial charge < -0.3 is 9.47 Å². The number of hydrogen-bond acceptors (Lipinski definition) is 4. The Balaban J connectivity index is 3.07. The fourth-order valence-electron chi connectivity index (χ4n) is 1.57. The van der Waals surface area contributed by atoms with Crippen molar-refractivity contribution in [1.82, 2.24) is 0 Å². The van der Waals surface area contributed by atoms with Crippen LogP contribution in [0.5, 0.6) is 0 Å². The highest BCUT2D eigenvalue weighted by Gasteiger charge is 2.01. The lowest BCUT2D eigenvalue weighted by Gasteiger charge is -2.04. The van der Waals surface area contributed by atoms with E-state index >= 15 is 0 Å². The molecule has 0 heterocycles. The normalized spacial score (nSPS) is 9.94. The Morgan fingerprint density at radius 3 is 2.18 bits per heavy atom. The molecule has 0 bridgehead atoms. The minimum atomic E-state index is -0.472. The zero-order valence-corrected chi connectivity index (χ0v) is 10.8. The summed E-state index contributed by atoms with van der Waals surface area (Å²) in [5.41, 5.74) is 0. The van der Waals surface area contributed by atoms with Gasteiger partial charge in [0.25, 0.3) is 6.47 Å². The fourth-order valence-corrected chi connectivity index (χ4v) is 1.57. The zero-order chi connectivity index (χ0) is 12.8. The van der Waals surface area contributed by atoms with E-state index in [0.29, 0.717) is 6.61 Å². The van der Waals surface area contributed by atoms with Crippen LogP contribution in [-0.4, -0.2) is 25.7 Å². The third-order valence-corrected chi connectivity index (χ3v) is 2.53. The molecular weight excluding hydrogens is 220 g/mol. The Morgan fingerprint density at radius 2 is 1.59 bits per heavy atom. The summed E-state index contributed by atoms with van der Waals surface area (Å²) in [6.45, 7) is 2.61. The topological polar surface area (TPSA) is 52.6 Å². The van der Waals surface area contributed by atoms with E-state index in [2.05, 4.69) is 11.7 Å². The monoisotopic (exact) mass is 244 g/mol. The maximum atomic E-state index is 10.9. The standard InChI is InChI=1S/C13H24O4/c1-2-3-4-5-6-7-8-9-10-17-13(15)11-16-12-14/h12H,2-11H2,1H3. The molecule has 0 saturated carbocycles. The summed E-state index contributed by atoms with van der Waals surface area (Å²) in [5, 5.41) is 0. The van der Waals surface area contributed by atoms with Crippen LogP contribution in [0.25, 0.3) is 0 Å². The summed E-state index contributed by atoms with van der Waals surface area (Å²) in [4.78, 5) is 20.7. The maximum Gasteiger partial charge on any atom is 0.344 e. The molecular formula is C13H24O4. The first-order valence-corrected chi connectivity index (χ1v) is 6.52.